The van der Waals surface area contributed by atoms with E-state index in [1.807, 2.05) is 72.8 Å². The van der Waals surface area contributed by atoms with Gasteiger partial charge in [0.2, 0.25) is 0 Å². The zero-order valence-electron chi connectivity index (χ0n) is 12.5. The average molecular weight is 304 g/mol. The Morgan fingerprint density at radius 3 is 1.91 bits per heavy atom. The second-order valence-corrected chi connectivity index (χ2v) is 5.06. The molecule has 3 aromatic carbocycles. The van der Waals surface area contributed by atoms with Crippen molar-refractivity contribution >= 4 is 5.97 Å². The van der Waals surface area contributed by atoms with Crippen molar-refractivity contribution in [2.75, 3.05) is 0 Å². The summed E-state index contributed by atoms with van der Waals surface area (Å²) in [6, 6.07) is 26.8. The lowest BCUT2D eigenvalue weighted by Crippen LogP contribution is -2.06. The first kappa shape index (κ1) is 15.0. The molecule has 0 saturated heterocycles. The maximum Gasteiger partial charge on any atom is 0.373 e. The highest BCUT2D eigenvalue weighted by Gasteiger charge is 2.08. The summed E-state index contributed by atoms with van der Waals surface area (Å²) >= 11 is 0. The normalized spacial score (nSPS) is 10.3. The Morgan fingerprint density at radius 1 is 0.696 bits per heavy atom. The van der Waals surface area contributed by atoms with Crippen LogP contribution in [-0.4, -0.2) is 5.97 Å². The molecule has 114 valence electrons. The van der Waals surface area contributed by atoms with E-state index >= 15 is 0 Å². The molecule has 0 amide bonds. The minimum absolute atomic E-state index is 0.231. The van der Waals surface area contributed by atoms with Gasteiger partial charge in [-0.15, -0.1) is 0 Å². The van der Waals surface area contributed by atoms with Gasteiger partial charge < -0.3 is 0 Å². The number of carbonyl (C=O) groups excluding carboxylic acids is 1. The van der Waals surface area contributed by atoms with Crippen molar-refractivity contribution in [1.29, 1.82) is 0 Å². The van der Waals surface area contributed by atoms with Gasteiger partial charge in [-0.1, -0.05) is 72.8 Å². The van der Waals surface area contributed by atoms with Crippen LogP contribution in [0.3, 0.4) is 0 Å². The van der Waals surface area contributed by atoms with Crippen molar-refractivity contribution in [2.45, 2.75) is 6.61 Å². The molecule has 0 N–H and O–H groups in total. The van der Waals surface area contributed by atoms with Crippen LogP contribution < -0.4 is 0 Å². The highest BCUT2D eigenvalue weighted by atomic mass is 17.2. The number of carbonyl (C=O) groups is 1. The van der Waals surface area contributed by atoms with Crippen molar-refractivity contribution in [3.8, 4) is 11.1 Å². The van der Waals surface area contributed by atoms with Crippen LogP contribution >= 0.6 is 0 Å². The molecule has 3 heteroatoms. The van der Waals surface area contributed by atoms with Crippen molar-refractivity contribution in [2.24, 2.45) is 0 Å². The largest absolute Gasteiger partial charge is 0.373 e. The fourth-order valence-corrected chi connectivity index (χ4v) is 2.20. The van der Waals surface area contributed by atoms with Gasteiger partial charge in [-0.25, -0.2) is 4.79 Å². The molecule has 0 radical (unpaired) electrons. The fraction of sp³-hybridized carbons (Fsp3) is 0.0500. The molecule has 0 spiro atoms. The van der Waals surface area contributed by atoms with Crippen LogP contribution in [0, 0.1) is 0 Å². The van der Waals surface area contributed by atoms with Crippen molar-refractivity contribution in [3.63, 3.8) is 0 Å². The molecule has 0 atom stereocenters. The van der Waals surface area contributed by atoms with Gasteiger partial charge in [0.05, 0.1) is 5.56 Å². The van der Waals surface area contributed by atoms with Crippen LogP contribution in [0.4, 0.5) is 0 Å². The SMILES string of the molecule is O=C(OOCc1ccccc1)c1ccc(-c2ccccc2)cc1. The molecule has 0 aliphatic rings. The first-order valence-electron chi connectivity index (χ1n) is 7.36. The van der Waals surface area contributed by atoms with Crippen LogP contribution in [0.25, 0.3) is 11.1 Å². The van der Waals surface area contributed by atoms with Crippen LogP contribution in [0.1, 0.15) is 15.9 Å². The molecular weight excluding hydrogens is 288 g/mol. The van der Waals surface area contributed by atoms with Gasteiger partial charge in [-0.2, -0.15) is 4.89 Å². The Hall–Kier alpha value is -2.91. The van der Waals surface area contributed by atoms with E-state index in [-0.39, 0.29) is 6.61 Å². The second-order valence-electron chi connectivity index (χ2n) is 5.06. The Balaban J connectivity index is 1.58. The molecule has 0 aliphatic carbocycles. The standard InChI is InChI=1S/C20H16O3/c21-20(23-22-15-16-7-3-1-4-8-16)19-13-11-18(12-14-19)17-9-5-2-6-10-17/h1-14H,15H2. The molecule has 0 saturated carbocycles. The highest BCUT2D eigenvalue weighted by molar-refractivity contribution is 5.89. The van der Waals surface area contributed by atoms with Gasteiger partial charge in [0.1, 0.15) is 6.61 Å². The zero-order chi connectivity index (χ0) is 15.9. The van der Waals surface area contributed by atoms with E-state index in [0.717, 1.165) is 16.7 Å². The predicted octanol–water partition coefficient (Wildman–Crippen LogP) is 4.64. The third-order valence-corrected chi connectivity index (χ3v) is 3.43. The maximum atomic E-state index is 11.9. The highest BCUT2D eigenvalue weighted by Crippen LogP contribution is 2.19. The van der Waals surface area contributed by atoms with Crippen LogP contribution in [0.15, 0.2) is 84.9 Å². The summed E-state index contributed by atoms with van der Waals surface area (Å²) in [4.78, 5) is 21.8. The van der Waals surface area contributed by atoms with Gasteiger partial charge >= 0.3 is 5.97 Å². The van der Waals surface area contributed by atoms with Crippen molar-refractivity contribution in [3.05, 3.63) is 96.1 Å². The zero-order valence-corrected chi connectivity index (χ0v) is 12.5. The van der Waals surface area contributed by atoms with Crippen LogP contribution in [-0.2, 0) is 16.4 Å². The first-order valence-corrected chi connectivity index (χ1v) is 7.36. The van der Waals surface area contributed by atoms with E-state index in [9.17, 15) is 4.79 Å². The lowest BCUT2D eigenvalue weighted by molar-refractivity contribution is -0.250. The molecule has 23 heavy (non-hydrogen) atoms. The smallest absolute Gasteiger partial charge is 0.292 e. The number of hydrogen-bond acceptors (Lipinski definition) is 3. The summed E-state index contributed by atoms with van der Waals surface area (Å²) in [6.45, 7) is 0.231. The molecule has 0 aliphatic heterocycles. The minimum Gasteiger partial charge on any atom is -0.292 e. The van der Waals surface area contributed by atoms with E-state index in [2.05, 4.69) is 0 Å². The topological polar surface area (TPSA) is 35.5 Å². The Morgan fingerprint density at radius 2 is 1.26 bits per heavy atom. The first-order chi connectivity index (χ1) is 11.3. The summed E-state index contributed by atoms with van der Waals surface area (Å²) in [6.07, 6.45) is 0. The molecule has 3 aromatic rings. The third kappa shape index (κ3) is 4.05. The number of rotatable bonds is 5. The molecule has 3 rings (SSSR count). The maximum absolute atomic E-state index is 11.9. The average Bonchev–Trinajstić information content (AvgIpc) is 2.63. The molecule has 0 aromatic heterocycles. The molecule has 0 heterocycles. The molecule has 0 bridgehead atoms. The van der Waals surface area contributed by atoms with E-state index in [1.165, 1.54) is 0 Å². The Labute approximate surface area is 135 Å². The summed E-state index contributed by atoms with van der Waals surface area (Å²) in [5.41, 5.74) is 3.55. The van der Waals surface area contributed by atoms with Gasteiger partial charge in [-0.3, -0.25) is 4.89 Å². The van der Waals surface area contributed by atoms with Gasteiger partial charge in [0, 0.05) is 0 Å². The van der Waals surface area contributed by atoms with E-state index in [4.69, 9.17) is 9.78 Å². The van der Waals surface area contributed by atoms with E-state index in [1.54, 1.807) is 12.1 Å². The van der Waals surface area contributed by atoms with Crippen LogP contribution in [0.5, 0.6) is 0 Å². The lowest BCUT2D eigenvalue weighted by atomic mass is 10.0. The summed E-state index contributed by atoms with van der Waals surface area (Å²) in [7, 11) is 0. The molecule has 0 fully saturated rings. The second kappa shape index (κ2) is 7.38. The minimum atomic E-state index is -0.499. The van der Waals surface area contributed by atoms with Crippen molar-refractivity contribution < 1.29 is 14.6 Å². The third-order valence-electron chi connectivity index (χ3n) is 3.43. The van der Waals surface area contributed by atoms with Crippen molar-refractivity contribution in [1.82, 2.24) is 0 Å². The quantitative estimate of drug-likeness (QED) is 0.509. The predicted molar refractivity (Wildman–Crippen MR) is 88.5 cm³/mol. The van der Waals surface area contributed by atoms with E-state index in [0.29, 0.717) is 5.56 Å². The summed E-state index contributed by atoms with van der Waals surface area (Å²) in [5.74, 6) is -0.499. The molecule has 0 unspecified atom stereocenters. The van der Waals surface area contributed by atoms with Gasteiger partial charge in [0.15, 0.2) is 0 Å². The van der Waals surface area contributed by atoms with E-state index < -0.39 is 5.97 Å². The molecular formula is C20H16O3. The fourth-order valence-electron chi connectivity index (χ4n) is 2.20. The monoisotopic (exact) mass is 304 g/mol. The Kier molecular flexibility index (Phi) is 4.82. The van der Waals surface area contributed by atoms with Gasteiger partial charge in [-0.05, 0) is 28.8 Å². The molecule has 3 nitrogen and oxygen atoms in total. The van der Waals surface area contributed by atoms with Gasteiger partial charge in [0.25, 0.3) is 0 Å². The lowest BCUT2D eigenvalue weighted by Gasteiger charge is -2.05. The summed E-state index contributed by atoms with van der Waals surface area (Å²) in [5, 5.41) is 0. The number of benzene rings is 3. The number of hydrogen-bond donors (Lipinski definition) is 0. The Bertz CT molecular complexity index is 750. The van der Waals surface area contributed by atoms with Crippen LogP contribution in [0.2, 0.25) is 0 Å². The summed E-state index contributed by atoms with van der Waals surface area (Å²) < 4.78 is 0.